The minimum Gasteiger partial charge on any atom is -0.491 e. The molecule has 2 heterocycles. The number of carbonyl (C=O) groups excluding carboxylic acids is 2. The van der Waals surface area contributed by atoms with E-state index in [-0.39, 0.29) is 43.6 Å². The first-order valence-corrected chi connectivity index (χ1v) is 12.3. The van der Waals surface area contributed by atoms with Crippen molar-refractivity contribution in [1.29, 1.82) is 0 Å². The summed E-state index contributed by atoms with van der Waals surface area (Å²) in [6.45, 7) is 6.04. The van der Waals surface area contributed by atoms with Crippen LogP contribution in [0, 0.1) is 0 Å². The number of aromatic nitrogens is 1. The van der Waals surface area contributed by atoms with Crippen LogP contribution in [0.3, 0.4) is 0 Å². The first-order chi connectivity index (χ1) is 16.3. The number of hydrogen-bond donors (Lipinski definition) is 2. The zero-order valence-electron chi connectivity index (χ0n) is 19.4. The number of sulfonamides is 1. The van der Waals surface area contributed by atoms with Crippen molar-refractivity contribution in [1.82, 2.24) is 0 Å². The maximum Gasteiger partial charge on any atom is 0.268 e. The third-order valence-corrected chi connectivity index (χ3v) is 7.27. The molecule has 1 aliphatic heterocycles. The number of methoxy groups -OCH3 is 1. The van der Waals surface area contributed by atoms with Gasteiger partial charge in [0.2, 0.25) is 6.20 Å². The van der Waals surface area contributed by atoms with E-state index < -0.39 is 21.8 Å². The van der Waals surface area contributed by atoms with Gasteiger partial charge in [0.05, 0.1) is 33.8 Å². The molecule has 0 saturated heterocycles. The normalized spacial score (nSPS) is 13.7. The molecule has 0 spiro atoms. The Morgan fingerprint density at radius 2 is 1.63 bits per heavy atom. The number of imide groups is 1. The molecule has 0 fully saturated rings. The summed E-state index contributed by atoms with van der Waals surface area (Å²) < 4.78 is 34.4. The van der Waals surface area contributed by atoms with Crippen molar-refractivity contribution in [2.24, 2.45) is 0 Å². The maximum absolute atomic E-state index is 13.3. The monoisotopic (exact) mass is 516 g/mol. The third-order valence-electron chi connectivity index (χ3n) is 5.57. The van der Waals surface area contributed by atoms with Gasteiger partial charge in [0.25, 0.3) is 28.0 Å². The Morgan fingerprint density at radius 3 is 2.23 bits per heavy atom. The highest BCUT2D eigenvalue weighted by Crippen LogP contribution is 2.38. The van der Waals surface area contributed by atoms with Crippen LogP contribution in [0.15, 0.2) is 59.8 Å². The highest BCUT2D eigenvalue weighted by atomic mass is 35.5. The quantitative estimate of drug-likeness (QED) is 0.303. The molecule has 9 nitrogen and oxygen atoms in total. The number of fused-ring (bicyclic) bond motifs is 1. The lowest BCUT2D eigenvalue weighted by molar-refractivity contribution is -0.904. The number of ether oxygens (including phenoxy) is 1. The van der Waals surface area contributed by atoms with Gasteiger partial charge in [-0.3, -0.25) is 19.5 Å². The molecule has 1 aliphatic rings. The fraction of sp³-hybridized carbons (Fsp3) is 0.208. The van der Waals surface area contributed by atoms with Crippen molar-refractivity contribution in [3.63, 3.8) is 0 Å². The van der Waals surface area contributed by atoms with E-state index in [0.717, 1.165) is 16.7 Å². The second kappa shape index (κ2) is 8.54. The van der Waals surface area contributed by atoms with Gasteiger partial charge in [-0.2, -0.15) is 0 Å². The Morgan fingerprint density at radius 1 is 1.00 bits per heavy atom. The van der Waals surface area contributed by atoms with Gasteiger partial charge in [-0.1, -0.05) is 44.5 Å². The summed E-state index contributed by atoms with van der Waals surface area (Å²) in [5.41, 5.74) is 0.387. The fourth-order valence-corrected chi connectivity index (χ4v) is 5.05. The number of carbonyl (C=O) groups is 2. The van der Waals surface area contributed by atoms with Crippen LogP contribution in [-0.2, 0) is 15.4 Å². The minimum atomic E-state index is -4.09. The van der Waals surface area contributed by atoms with Crippen molar-refractivity contribution in [3.8, 4) is 5.75 Å². The second-order valence-corrected chi connectivity index (χ2v) is 11.1. The Labute approximate surface area is 207 Å². The lowest BCUT2D eigenvalue weighted by Crippen LogP contribution is -2.35. The van der Waals surface area contributed by atoms with Crippen LogP contribution in [0.25, 0.3) is 0 Å². The molecular weight excluding hydrogens is 494 g/mol. The summed E-state index contributed by atoms with van der Waals surface area (Å²) in [6, 6.07) is 10.5. The van der Waals surface area contributed by atoms with E-state index in [9.17, 15) is 23.2 Å². The number of halogens is 1. The Hall–Kier alpha value is -3.63. The molecule has 0 saturated carbocycles. The van der Waals surface area contributed by atoms with Crippen LogP contribution in [-0.4, -0.2) is 32.5 Å². The maximum atomic E-state index is 13.3. The molecule has 4 rings (SSSR count). The summed E-state index contributed by atoms with van der Waals surface area (Å²) in [5, 5.41) is 9.89. The molecule has 11 heteroatoms. The largest absolute Gasteiger partial charge is 0.491 e. The highest BCUT2D eigenvalue weighted by molar-refractivity contribution is 7.92. The summed E-state index contributed by atoms with van der Waals surface area (Å²) >= 11 is 6.24. The summed E-state index contributed by atoms with van der Waals surface area (Å²) in [5.74, 6) is -1.38. The predicted octanol–water partition coefficient (Wildman–Crippen LogP) is 3.77. The molecule has 0 radical (unpaired) electrons. The number of benzene rings is 2. The minimum absolute atomic E-state index is 0.00283. The molecular formula is C24H23ClN3O6S+. The summed E-state index contributed by atoms with van der Waals surface area (Å²) in [6.07, 6.45) is 2.37. The fourth-order valence-electron chi connectivity index (χ4n) is 3.74. The number of pyridine rings is 1. The van der Waals surface area contributed by atoms with Crippen molar-refractivity contribution < 1.29 is 32.7 Å². The summed E-state index contributed by atoms with van der Waals surface area (Å²) in [7, 11) is -2.73. The van der Waals surface area contributed by atoms with E-state index in [4.69, 9.17) is 16.3 Å². The molecule has 182 valence electrons. The van der Waals surface area contributed by atoms with Gasteiger partial charge in [0.15, 0.2) is 5.75 Å². The molecule has 0 bridgehead atoms. The van der Waals surface area contributed by atoms with E-state index in [1.54, 1.807) is 12.1 Å². The average molecular weight is 517 g/mol. The first kappa shape index (κ1) is 24.5. The number of nitrogens with zero attached hydrogens (tertiary/aromatic N) is 2. The van der Waals surface area contributed by atoms with Crippen molar-refractivity contribution in [2.75, 3.05) is 16.7 Å². The number of nitrogens with one attached hydrogen (secondary N) is 1. The van der Waals surface area contributed by atoms with Gasteiger partial charge in [-0.05, 0) is 35.2 Å². The van der Waals surface area contributed by atoms with E-state index in [0.29, 0.717) is 4.73 Å². The van der Waals surface area contributed by atoms with E-state index in [1.165, 1.54) is 43.6 Å². The Kier molecular flexibility index (Phi) is 5.98. The zero-order valence-corrected chi connectivity index (χ0v) is 20.9. The molecule has 0 aliphatic carbocycles. The van der Waals surface area contributed by atoms with Crippen LogP contribution in [0.5, 0.6) is 5.75 Å². The van der Waals surface area contributed by atoms with Crippen LogP contribution in [0.4, 0.5) is 11.4 Å². The van der Waals surface area contributed by atoms with Gasteiger partial charge in [0.1, 0.15) is 5.69 Å². The Bertz CT molecular complexity index is 1460. The van der Waals surface area contributed by atoms with Crippen LogP contribution < -0.4 is 19.1 Å². The average Bonchev–Trinajstić information content (AvgIpc) is 3.06. The van der Waals surface area contributed by atoms with Crippen LogP contribution in [0.2, 0.25) is 5.02 Å². The van der Waals surface area contributed by atoms with Gasteiger partial charge in [0, 0.05) is 10.8 Å². The Balaban J connectivity index is 1.75. The van der Waals surface area contributed by atoms with Crippen molar-refractivity contribution >= 4 is 44.8 Å². The molecule has 3 aromatic rings. The van der Waals surface area contributed by atoms with Crippen LogP contribution >= 0.6 is 11.6 Å². The SMILES string of the molecule is COc1cc(N2C(=O)c3c(Cl)ccc(NS(=O)(=O)c4ccc(C(C)(C)C)cc4)c3C2=O)c[n+](O)c1. The molecule has 0 unspecified atom stereocenters. The molecule has 1 aromatic heterocycles. The first-order valence-electron chi connectivity index (χ1n) is 10.5. The van der Waals surface area contributed by atoms with E-state index in [1.807, 2.05) is 20.8 Å². The second-order valence-electron chi connectivity index (χ2n) is 8.98. The lowest BCUT2D eigenvalue weighted by Gasteiger charge is -2.19. The molecule has 2 amide bonds. The topological polar surface area (TPSA) is 117 Å². The van der Waals surface area contributed by atoms with Gasteiger partial charge < -0.3 is 4.74 Å². The molecule has 35 heavy (non-hydrogen) atoms. The van der Waals surface area contributed by atoms with E-state index >= 15 is 0 Å². The van der Waals surface area contributed by atoms with Gasteiger partial charge in [-0.25, -0.2) is 13.3 Å². The highest BCUT2D eigenvalue weighted by Gasteiger charge is 2.42. The lowest BCUT2D eigenvalue weighted by atomic mass is 9.87. The van der Waals surface area contributed by atoms with E-state index in [2.05, 4.69) is 4.72 Å². The standard InChI is InChI=1S/C24H22ClN3O6S/c1-24(2,3)14-5-7-17(8-6-14)35(32,33)26-19-10-9-18(25)20-21(19)23(30)28(22(20)29)15-11-16(34-4)13-27(31)12-15/h5-13H,1-4H3,(H-,26,30,31)/p+1. The summed E-state index contributed by atoms with van der Waals surface area (Å²) in [4.78, 5) is 27.3. The predicted molar refractivity (Wildman–Crippen MR) is 129 cm³/mol. The van der Waals surface area contributed by atoms with Crippen molar-refractivity contribution in [2.45, 2.75) is 31.1 Å². The number of hydrogen-bond acceptors (Lipinski definition) is 6. The number of rotatable bonds is 5. The number of amides is 2. The van der Waals surface area contributed by atoms with Gasteiger partial charge in [-0.15, -0.1) is 0 Å². The molecule has 2 aromatic carbocycles. The third kappa shape index (κ3) is 4.42. The molecule has 0 atom stereocenters. The van der Waals surface area contributed by atoms with Crippen LogP contribution in [0.1, 0.15) is 47.1 Å². The number of anilines is 2. The van der Waals surface area contributed by atoms with Crippen molar-refractivity contribution in [3.05, 3.63) is 76.6 Å². The molecule has 2 N–H and O–H groups in total. The zero-order chi connectivity index (χ0) is 25.7. The smallest absolute Gasteiger partial charge is 0.268 e. The van der Waals surface area contributed by atoms with Gasteiger partial charge >= 0.3 is 0 Å².